The van der Waals surface area contributed by atoms with E-state index >= 15 is 0 Å². The molecule has 0 aliphatic heterocycles. The van der Waals surface area contributed by atoms with Crippen LogP contribution < -0.4 is 10.6 Å². The summed E-state index contributed by atoms with van der Waals surface area (Å²) in [6.45, 7) is 4.68. The predicted molar refractivity (Wildman–Crippen MR) is 106 cm³/mol. The average Bonchev–Trinajstić information content (AvgIpc) is 3.01. The van der Waals surface area contributed by atoms with Crippen LogP contribution in [0.2, 0.25) is 0 Å². The number of benzene rings is 2. The third kappa shape index (κ3) is 4.97. The predicted octanol–water partition coefficient (Wildman–Crippen LogP) is 3.21. The molecule has 0 radical (unpaired) electrons. The van der Waals surface area contributed by atoms with Crippen molar-refractivity contribution in [2.24, 2.45) is 0 Å². The van der Waals surface area contributed by atoms with Crippen LogP contribution in [0.15, 0.2) is 47.1 Å². The monoisotopic (exact) mass is 382 g/mol. The summed E-state index contributed by atoms with van der Waals surface area (Å²) in [7, 11) is 0. The summed E-state index contributed by atoms with van der Waals surface area (Å²) in [5.74, 6) is -0.721. The Morgan fingerprint density at radius 3 is 2.36 bits per heavy atom. The Kier molecular flexibility index (Phi) is 6.09. The molecular weight excluding hydrogens is 359 g/mol. The molecule has 0 spiro atoms. The van der Waals surface area contributed by atoms with Gasteiger partial charge in [0.1, 0.15) is 11.4 Å². The molecule has 2 aromatic carbocycles. The first-order valence-electron chi connectivity index (χ1n) is 9.17. The van der Waals surface area contributed by atoms with Crippen molar-refractivity contribution in [3.63, 3.8) is 0 Å². The van der Waals surface area contributed by atoms with Gasteiger partial charge < -0.3 is 15.1 Å². The lowest BCUT2D eigenvalue weighted by Crippen LogP contribution is -2.35. The number of carbonyl (C=O) groups is 2. The highest BCUT2D eigenvalue weighted by atomic mass is 19.1. The molecule has 0 unspecified atom stereocenters. The van der Waals surface area contributed by atoms with Crippen molar-refractivity contribution >= 4 is 22.8 Å². The Labute approximate surface area is 162 Å². The highest BCUT2D eigenvalue weighted by Crippen LogP contribution is 2.25. The van der Waals surface area contributed by atoms with Gasteiger partial charge in [-0.25, -0.2) is 4.39 Å². The fourth-order valence-corrected chi connectivity index (χ4v) is 3.01. The zero-order valence-electron chi connectivity index (χ0n) is 16.0. The highest BCUT2D eigenvalue weighted by Gasteiger charge is 2.11. The van der Waals surface area contributed by atoms with Crippen molar-refractivity contribution in [1.82, 2.24) is 10.6 Å². The molecule has 0 fully saturated rings. The van der Waals surface area contributed by atoms with Gasteiger partial charge in [0.25, 0.3) is 0 Å². The van der Waals surface area contributed by atoms with Crippen molar-refractivity contribution in [3.8, 4) is 0 Å². The standard InChI is InChI=1S/C22H23FN2O3/c1-14-8-19-17(13-28-20(19)9-15(14)2)12-22(27)25-7-6-24-21(26)11-16-4-3-5-18(23)10-16/h3-5,8-10,13H,6-7,11-12H2,1-2H3,(H,24,26)(H,25,27). The topological polar surface area (TPSA) is 71.3 Å². The molecule has 3 rings (SSSR count). The molecule has 0 saturated heterocycles. The molecule has 146 valence electrons. The second kappa shape index (κ2) is 8.69. The second-order valence-electron chi connectivity index (χ2n) is 6.88. The van der Waals surface area contributed by atoms with E-state index in [0.717, 1.165) is 27.7 Å². The van der Waals surface area contributed by atoms with Crippen LogP contribution in [0, 0.1) is 19.7 Å². The minimum absolute atomic E-state index is 0.103. The molecule has 1 aromatic heterocycles. The first-order valence-corrected chi connectivity index (χ1v) is 9.17. The molecule has 3 aromatic rings. The van der Waals surface area contributed by atoms with E-state index in [1.807, 2.05) is 26.0 Å². The van der Waals surface area contributed by atoms with Gasteiger partial charge in [0, 0.05) is 24.0 Å². The second-order valence-corrected chi connectivity index (χ2v) is 6.88. The van der Waals surface area contributed by atoms with Gasteiger partial charge in [-0.1, -0.05) is 12.1 Å². The Morgan fingerprint density at radius 2 is 1.64 bits per heavy atom. The largest absolute Gasteiger partial charge is 0.464 e. The van der Waals surface area contributed by atoms with Gasteiger partial charge >= 0.3 is 0 Å². The lowest BCUT2D eigenvalue weighted by atomic mass is 10.0. The number of carbonyl (C=O) groups excluding carboxylic acids is 2. The van der Waals surface area contributed by atoms with E-state index in [0.29, 0.717) is 18.7 Å². The summed E-state index contributed by atoms with van der Waals surface area (Å²) in [6.07, 6.45) is 1.93. The number of hydrogen-bond donors (Lipinski definition) is 2. The van der Waals surface area contributed by atoms with Gasteiger partial charge in [-0.3, -0.25) is 9.59 Å². The molecule has 0 saturated carbocycles. The van der Waals surface area contributed by atoms with Gasteiger partial charge in [0.2, 0.25) is 11.8 Å². The first-order chi connectivity index (χ1) is 13.4. The van der Waals surface area contributed by atoms with Gasteiger partial charge in [0.15, 0.2) is 0 Å². The van der Waals surface area contributed by atoms with Gasteiger partial charge in [-0.15, -0.1) is 0 Å². The lowest BCUT2D eigenvalue weighted by Gasteiger charge is -2.07. The molecular formula is C22H23FN2O3. The smallest absolute Gasteiger partial charge is 0.224 e. The molecule has 5 nitrogen and oxygen atoms in total. The Morgan fingerprint density at radius 1 is 0.964 bits per heavy atom. The number of aryl methyl sites for hydroxylation is 2. The van der Waals surface area contributed by atoms with E-state index in [-0.39, 0.29) is 30.5 Å². The van der Waals surface area contributed by atoms with Crippen LogP contribution in [0.1, 0.15) is 22.3 Å². The van der Waals surface area contributed by atoms with E-state index in [4.69, 9.17) is 4.42 Å². The van der Waals surface area contributed by atoms with Gasteiger partial charge in [-0.2, -0.15) is 0 Å². The van der Waals surface area contributed by atoms with Crippen molar-refractivity contribution in [2.45, 2.75) is 26.7 Å². The van der Waals surface area contributed by atoms with Crippen molar-refractivity contribution in [2.75, 3.05) is 13.1 Å². The molecule has 28 heavy (non-hydrogen) atoms. The van der Waals surface area contributed by atoms with Crippen LogP contribution in [0.4, 0.5) is 4.39 Å². The minimum Gasteiger partial charge on any atom is -0.464 e. The number of fused-ring (bicyclic) bond motifs is 1. The number of furan rings is 1. The summed E-state index contributed by atoms with van der Waals surface area (Å²) in [5, 5.41) is 6.44. The number of halogens is 1. The van der Waals surface area contributed by atoms with Crippen LogP contribution in [0.25, 0.3) is 11.0 Å². The van der Waals surface area contributed by atoms with Crippen LogP contribution >= 0.6 is 0 Å². The average molecular weight is 382 g/mol. The zero-order valence-corrected chi connectivity index (χ0v) is 16.0. The quantitative estimate of drug-likeness (QED) is 0.617. The Hall–Kier alpha value is -3.15. The molecule has 0 bridgehead atoms. The number of nitrogens with one attached hydrogen (secondary N) is 2. The summed E-state index contributed by atoms with van der Waals surface area (Å²) in [4.78, 5) is 24.0. The van der Waals surface area contributed by atoms with Crippen LogP contribution in [0.3, 0.4) is 0 Å². The van der Waals surface area contributed by atoms with Gasteiger partial charge in [0.05, 0.1) is 19.1 Å². The molecule has 2 amide bonds. The third-order valence-corrected chi connectivity index (χ3v) is 4.64. The lowest BCUT2D eigenvalue weighted by molar-refractivity contribution is -0.122. The highest BCUT2D eigenvalue weighted by molar-refractivity contribution is 5.88. The normalized spacial score (nSPS) is 10.8. The number of amides is 2. The zero-order chi connectivity index (χ0) is 20.1. The number of hydrogen-bond acceptors (Lipinski definition) is 3. The van der Waals surface area contributed by atoms with E-state index in [1.54, 1.807) is 18.4 Å². The summed E-state index contributed by atoms with van der Waals surface area (Å²) < 4.78 is 18.7. The molecule has 0 aliphatic rings. The van der Waals surface area contributed by atoms with Crippen molar-refractivity contribution in [1.29, 1.82) is 0 Å². The first kappa shape index (κ1) is 19.6. The molecule has 1 heterocycles. The molecule has 0 atom stereocenters. The van der Waals surface area contributed by atoms with Crippen LogP contribution in [-0.4, -0.2) is 24.9 Å². The molecule has 6 heteroatoms. The maximum atomic E-state index is 13.1. The third-order valence-electron chi connectivity index (χ3n) is 4.64. The fourth-order valence-electron chi connectivity index (χ4n) is 3.01. The van der Waals surface area contributed by atoms with Gasteiger partial charge in [-0.05, 0) is 54.8 Å². The van der Waals surface area contributed by atoms with E-state index < -0.39 is 0 Å². The summed E-state index contributed by atoms with van der Waals surface area (Å²) in [5.41, 5.74) is 4.52. The maximum Gasteiger partial charge on any atom is 0.224 e. The minimum atomic E-state index is -0.366. The maximum absolute atomic E-state index is 13.1. The Balaban J connectivity index is 1.44. The molecule has 2 N–H and O–H groups in total. The van der Waals surface area contributed by atoms with Crippen LogP contribution in [-0.2, 0) is 22.4 Å². The summed E-state index contributed by atoms with van der Waals surface area (Å²) in [6, 6.07) is 9.94. The van der Waals surface area contributed by atoms with Crippen LogP contribution in [0.5, 0.6) is 0 Å². The Bertz CT molecular complexity index is 1010. The fraction of sp³-hybridized carbons (Fsp3) is 0.273. The van der Waals surface area contributed by atoms with Crippen molar-refractivity contribution in [3.05, 3.63) is 70.7 Å². The SMILES string of the molecule is Cc1cc2occ(CC(=O)NCCNC(=O)Cc3cccc(F)c3)c2cc1C. The van der Waals surface area contributed by atoms with E-state index in [2.05, 4.69) is 10.6 Å². The van der Waals surface area contributed by atoms with E-state index in [9.17, 15) is 14.0 Å². The number of rotatable bonds is 7. The van der Waals surface area contributed by atoms with Crippen molar-refractivity contribution < 1.29 is 18.4 Å². The summed E-state index contributed by atoms with van der Waals surface area (Å²) >= 11 is 0. The molecule has 0 aliphatic carbocycles. The van der Waals surface area contributed by atoms with E-state index in [1.165, 1.54) is 12.1 Å².